The minimum atomic E-state index is -4.27. The normalized spacial score (nSPS) is 23.7. The average molecular weight is 307 g/mol. The van der Waals surface area contributed by atoms with Crippen molar-refractivity contribution >= 4 is 28.5 Å². The summed E-state index contributed by atoms with van der Waals surface area (Å²) in [5, 5.41) is 0. The molecule has 13 heavy (non-hydrogen) atoms. The molecule has 0 aromatic heterocycles. The fourth-order valence-electron chi connectivity index (χ4n) is 1.48. The van der Waals surface area contributed by atoms with Crippen LogP contribution in [0.2, 0.25) is 0 Å². The van der Waals surface area contributed by atoms with Crippen LogP contribution in [0.15, 0.2) is 0 Å². The van der Waals surface area contributed by atoms with Crippen molar-refractivity contribution in [3.8, 4) is 0 Å². The predicted octanol–water partition coefficient (Wildman–Crippen LogP) is 1.97. The van der Waals surface area contributed by atoms with Gasteiger partial charge >= 0.3 is 6.18 Å². The summed E-state index contributed by atoms with van der Waals surface area (Å²) in [6.45, 7) is 0.242. The third-order valence-electron chi connectivity index (χ3n) is 2.07. The lowest BCUT2D eigenvalue weighted by molar-refractivity contribution is -0.181. The Labute approximate surface area is 87.6 Å². The van der Waals surface area contributed by atoms with E-state index in [0.29, 0.717) is 6.42 Å². The zero-order valence-electron chi connectivity index (χ0n) is 6.77. The van der Waals surface area contributed by atoms with Crippen LogP contribution in [0.3, 0.4) is 0 Å². The minimum absolute atomic E-state index is 0.0475. The van der Waals surface area contributed by atoms with Gasteiger partial charge in [0.15, 0.2) is 0 Å². The molecule has 0 bridgehead atoms. The quantitative estimate of drug-likeness (QED) is 0.536. The molecule has 1 rings (SSSR count). The van der Waals surface area contributed by atoms with E-state index < -0.39 is 18.1 Å². The van der Waals surface area contributed by atoms with Crippen molar-refractivity contribution in [2.75, 3.05) is 11.0 Å². The monoisotopic (exact) mass is 307 g/mol. The molecule has 1 atom stereocenters. The maximum Gasteiger partial charge on any atom is 0.408 e. The first-order chi connectivity index (χ1) is 5.96. The molecular weight excluding hydrogens is 298 g/mol. The molecule has 0 aliphatic carbocycles. The van der Waals surface area contributed by atoms with Gasteiger partial charge in [0.25, 0.3) is 0 Å². The number of carbonyl (C=O) groups excluding carboxylic acids is 1. The van der Waals surface area contributed by atoms with Gasteiger partial charge in [0.1, 0.15) is 6.04 Å². The molecule has 0 aromatic carbocycles. The number of carbonyl (C=O) groups is 1. The number of nitrogens with zero attached hydrogens (tertiary/aromatic N) is 1. The zero-order chi connectivity index (χ0) is 10.1. The van der Waals surface area contributed by atoms with Crippen molar-refractivity contribution in [1.29, 1.82) is 0 Å². The van der Waals surface area contributed by atoms with Crippen LogP contribution < -0.4 is 0 Å². The summed E-state index contributed by atoms with van der Waals surface area (Å²) in [5.74, 6) is -0.416. The van der Waals surface area contributed by atoms with Gasteiger partial charge in [0.2, 0.25) is 5.91 Å². The van der Waals surface area contributed by atoms with Gasteiger partial charge < -0.3 is 4.90 Å². The molecule has 1 unspecified atom stereocenters. The maximum absolute atomic E-state index is 12.3. The lowest BCUT2D eigenvalue weighted by atomic mass is 10.2. The van der Waals surface area contributed by atoms with Crippen LogP contribution in [-0.4, -0.2) is 34.0 Å². The second-order valence-electron chi connectivity index (χ2n) is 2.92. The molecule has 0 aromatic rings. The molecule has 0 saturated carbocycles. The van der Waals surface area contributed by atoms with Gasteiger partial charge in [-0.05, 0) is 12.8 Å². The highest BCUT2D eigenvalue weighted by Crippen LogP contribution is 2.32. The summed E-state index contributed by atoms with van der Waals surface area (Å²) in [4.78, 5) is 12.0. The van der Waals surface area contributed by atoms with Gasteiger partial charge in [0, 0.05) is 6.54 Å². The number of halogens is 4. The Hall–Kier alpha value is -0.0100. The van der Waals surface area contributed by atoms with Crippen molar-refractivity contribution < 1.29 is 18.0 Å². The number of alkyl halides is 4. The van der Waals surface area contributed by atoms with Gasteiger partial charge in [-0.25, -0.2) is 0 Å². The summed E-state index contributed by atoms with van der Waals surface area (Å²) in [7, 11) is 0. The third kappa shape index (κ3) is 2.47. The molecule has 6 heteroatoms. The maximum atomic E-state index is 12.3. The summed E-state index contributed by atoms with van der Waals surface area (Å²) in [6, 6.07) is -1.55. The molecule has 0 N–H and O–H groups in total. The lowest BCUT2D eigenvalue weighted by Gasteiger charge is -2.25. The van der Waals surface area contributed by atoms with E-state index in [0.717, 1.165) is 4.90 Å². The minimum Gasteiger partial charge on any atom is -0.330 e. The van der Waals surface area contributed by atoms with Gasteiger partial charge in [-0.3, -0.25) is 4.79 Å². The van der Waals surface area contributed by atoms with Gasteiger partial charge in [-0.1, -0.05) is 22.6 Å². The van der Waals surface area contributed by atoms with Crippen LogP contribution in [0.25, 0.3) is 0 Å². The standard InChI is InChI=1S/C7H9F3INO/c8-7(9,10)5-2-1-3-12(5)6(13)4-11/h5H,1-4H2. The molecule has 1 aliphatic rings. The molecule has 2 nitrogen and oxygen atoms in total. The molecule has 1 aliphatic heterocycles. The number of hydrogen-bond acceptors (Lipinski definition) is 1. The first kappa shape index (κ1) is 11.1. The highest BCUT2D eigenvalue weighted by atomic mass is 127. The first-order valence-electron chi connectivity index (χ1n) is 3.89. The molecule has 1 saturated heterocycles. The van der Waals surface area contributed by atoms with E-state index in [2.05, 4.69) is 0 Å². The van der Waals surface area contributed by atoms with E-state index in [1.165, 1.54) is 0 Å². The topological polar surface area (TPSA) is 20.3 Å². The number of hydrogen-bond donors (Lipinski definition) is 0. The Kier molecular flexibility index (Phi) is 3.42. The van der Waals surface area contributed by atoms with Gasteiger partial charge in [-0.15, -0.1) is 0 Å². The van der Waals surface area contributed by atoms with E-state index in [1.54, 1.807) is 22.6 Å². The van der Waals surface area contributed by atoms with E-state index in [9.17, 15) is 18.0 Å². The van der Waals surface area contributed by atoms with Crippen molar-refractivity contribution in [1.82, 2.24) is 4.90 Å². The van der Waals surface area contributed by atoms with E-state index in [4.69, 9.17) is 0 Å². The Bertz CT molecular complexity index is 206. The largest absolute Gasteiger partial charge is 0.408 e. The van der Waals surface area contributed by atoms with Crippen molar-refractivity contribution in [3.63, 3.8) is 0 Å². The summed E-state index contributed by atoms with van der Waals surface area (Å²) < 4.78 is 37.0. The fourth-order valence-corrected chi connectivity index (χ4v) is 1.92. The predicted molar refractivity (Wildman–Crippen MR) is 49.7 cm³/mol. The molecule has 0 spiro atoms. The van der Waals surface area contributed by atoms with Gasteiger partial charge in [0.05, 0.1) is 4.43 Å². The molecule has 1 amide bonds. The van der Waals surface area contributed by atoms with Crippen LogP contribution >= 0.6 is 22.6 Å². The van der Waals surface area contributed by atoms with E-state index in [1.807, 2.05) is 0 Å². The highest BCUT2D eigenvalue weighted by molar-refractivity contribution is 14.1. The lowest BCUT2D eigenvalue weighted by Crippen LogP contribution is -2.44. The Balaban J connectivity index is 2.70. The molecule has 1 heterocycles. The van der Waals surface area contributed by atoms with Crippen LogP contribution in [0.5, 0.6) is 0 Å². The van der Waals surface area contributed by atoms with Crippen molar-refractivity contribution in [2.24, 2.45) is 0 Å². The number of rotatable bonds is 1. The van der Waals surface area contributed by atoms with E-state index in [-0.39, 0.29) is 17.4 Å². The summed E-state index contributed by atoms with van der Waals surface area (Å²) in [6.07, 6.45) is -3.77. The third-order valence-corrected chi connectivity index (χ3v) is 2.72. The van der Waals surface area contributed by atoms with Crippen molar-refractivity contribution in [2.45, 2.75) is 25.1 Å². The van der Waals surface area contributed by atoms with Crippen LogP contribution in [-0.2, 0) is 4.79 Å². The second kappa shape index (κ2) is 4.02. The Morgan fingerprint density at radius 3 is 2.62 bits per heavy atom. The smallest absolute Gasteiger partial charge is 0.330 e. The summed E-state index contributed by atoms with van der Waals surface area (Å²) in [5.41, 5.74) is 0. The van der Waals surface area contributed by atoms with Crippen molar-refractivity contribution in [3.05, 3.63) is 0 Å². The van der Waals surface area contributed by atoms with E-state index >= 15 is 0 Å². The van der Waals surface area contributed by atoms with Crippen LogP contribution in [0.1, 0.15) is 12.8 Å². The molecule has 76 valence electrons. The SMILES string of the molecule is O=C(CI)N1CCCC1C(F)(F)F. The molecular formula is C7H9F3INO. The number of likely N-dealkylation sites (tertiary alicyclic amines) is 1. The average Bonchev–Trinajstić information content (AvgIpc) is 2.49. The molecule has 1 fully saturated rings. The molecule has 0 radical (unpaired) electrons. The van der Waals surface area contributed by atoms with Crippen LogP contribution in [0, 0.1) is 0 Å². The van der Waals surface area contributed by atoms with Crippen LogP contribution in [0.4, 0.5) is 13.2 Å². The van der Waals surface area contributed by atoms with Gasteiger partial charge in [-0.2, -0.15) is 13.2 Å². The fraction of sp³-hybridized carbons (Fsp3) is 0.857. The summed E-state index contributed by atoms with van der Waals surface area (Å²) >= 11 is 1.78. The zero-order valence-corrected chi connectivity index (χ0v) is 8.93. The first-order valence-corrected chi connectivity index (χ1v) is 5.41. The second-order valence-corrected chi connectivity index (χ2v) is 3.68. The Morgan fingerprint density at radius 1 is 1.54 bits per heavy atom. The highest BCUT2D eigenvalue weighted by Gasteiger charge is 2.47. The Morgan fingerprint density at radius 2 is 2.15 bits per heavy atom. The number of amides is 1.